The van der Waals surface area contributed by atoms with Crippen LogP contribution in [0.3, 0.4) is 0 Å². The first-order chi connectivity index (χ1) is 10.6. The van der Waals surface area contributed by atoms with Crippen LogP contribution in [-0.4, -0.2) is 35.8 Å². The first-order valence-electron chi connectivity index (χ1n) is 7.22. The summed E-state index contributed by atoms with van der Waals surface area (Å²) in [6.45, 7) is 3.66. The third-order valence-corrected chi connectivity index (χ3v) is 3.88. The Morgan fingerprint density at radius 1 is 1.50 bits per heavy atom. The lowest BCUT2D eigenvalue weighted by Crippen LogP contribution is -2.35. The Labute approximate surface area is 129 Å². The molecule has 0 radical (unpaired) electrons. The molecule has 0 fully saturated rings. The monoisotopic (exact) mass is 298 g/mol. The van der Waals surface area contributed by atoms with Crippen LogP contribution in [0.15, 0.2) is 54.3 Å². The van der Waals surface area contributed by atoms with Crippen LogP contribution in [-0.2, 0) is 4.79 Å². The molecular formula is C17H18N2O3. The molecule has 5 heteroatoms. The molecule has 5 nitrogen and oxygen atoms in total. The average Bonchev–Trinajstić information content (AvgIpc) is 2.70. The molecule has 2 aliphatic rings. The molecule has 0 saturated carbocycles. The second-order valence-corrected chi connectivity index (χ2v) is 5.62. The molecule has 114 valence electrons. The smallest absolute Gasteiger partial charge is 0.317 e. The Morgan fingerprint density at radius 3 is 3.18 bits per heavy atom. The summed E-state index contributed by atoms with van der Waals surface area (Å²) in [7, 11) is 0. The lowest BCUT2D eigenvalue weighted by atomic mass is 9.88. The Balaban J connectivity index is 1.87. The fraction of sp³-hybridized carbons (Fsp3) is 0.294. The first kappa shape index (κ1) is 14.4. The standard InChI is InChI=1S/C17H18N2O3/c1-17(16(20)21)7-3-2-5-13(11-17)12-19-9-10-22-15-14(19)6-4-8-18-15/h2-8,11H,9-10,12H2,1H3,(H,20,21). The van der Waals surface area contributed by atoms with Gasteiger partial charge in [0.2, 0.25) is 5.88 Å². The molecule has 1 N–H and O–H groups in total. The minimum atomic E-state index is -0.983. The van der Waals surface area contributed by atoms with E-state index in [-0.39, 0.29) is 0 Å². The minimum absolute atomic E-state index is 0.579. The van der Waals surface area contributed by atoms with E-state index in [1.54, 1.807) is 31.3 Å². The quantitative estimate of drug-likeness (QED) is 0.928. The number of fused-ring (bicyclic) bond motifs is 1. The molecule has 0 saturated heterocycles. The second kappa shape index (κ2) is 5.67. The molecule has 1 atom stereocenters. The van der Waals surface area contributed by atoms with E-state index in [2.05, 4.69) is 9.88 Å². The van der Waals surface area contributed by atoms with Gasteiger partial charge in [-0.15, -0.1) is 0 Å². The van der Waals surface area contributed by atoms with E-state index >= 15 is 0 Å². The maximum Gasteiger partial charge on any atom is 0.317 e. The van der Waals surface area contributed by atoms with Crippen LogP contribution in [0, 0.1) is 5.41 Å². The van der Waals surface area contributed by atoms with Gasteiger partial charge in [-0.3, -0.25) is 4.79 Å². The SMILES string of the molecule is CC1(C(=O)O)C=CC=CC(CN2CCOc3ncccc32)=C1. The first-order valence-corrected chi connectivity index (χ1v) is 7.22. The van der Waals surface area contributed by atoms with E-state index in [1.807, 2.05) is 24.3 Å². The molecule has 1 aliphatic carbocycles. The lowest BCUT2D eigenvalue weighted by Gasteiger charge is -2.31. The number of hydrogen-bond acceptors (Lipinski definition) is 4. The highest BCUT2D eigenvalue weighted by atomic mass is 16.5. The largest absolute Gasteiger partial charge is 0.480 e. The number of ether oxygens (including phenoxy) is 1. The zero-order valence-corrected chi connectivity index (χ0v) is 12.4. The predicted octanol–water partition coefficient (Wildman–Crippen LogP) is 2.42. The van der Waals surface area contributed by atoms with Crippen molar-refractivity contribution in [3.8, 4) is 5.88 Å². The molecule has 22 heavy (non-hydrogen) atoms. The molecule has 0 aromatic carbocycles. The maximum absolute atomic E-state index is 11.5. The van der Waals surface area contributed by atoms with Gasteiger partial charge in [0.05, 0.1) is 6.54 Å². The van der Waals surface area contributed by atoms with Crippen molar-refractivity contribution in [2.75, 3.05) is 24.6 Å². The van der Waals surface area contributed by atoms with E-state index in [0.717, 1.165) is 17.8 Å². The number of pyridine rings is 1. The zero-order valence-electron chi connectivity index (χ0n) is 12.4. The van der Waals surface area contributed by atoms with Crippen molar-refractivity contribution in [3.05, 3.63) is 54.3 Å². The summed E-state index contributed by atoms with van der Waals surface area (Å²) in [4.78, 5) is 17.9. The van der Waals surface area contributed by atoms with Crippen LogP contribution in [0.4, 0.5) is 5.69 Å². The van der Waals surface area contributed by atoms with E-state index in [9.17, 15) is 9.90 Å². The molecule has 1 unspecified atom stereocenters. The third kappa shape index (κ3) is 2.74. The lowest BCUT2D eigenvalue weighted by molar-refractivity contribution is -0.142. The number of anilines is 1. The summed E-state index contributed by atoms with van der Waals surface area (Å²) in [6, 6.07) is 3.85. The van der Waals surface area contributed by atoms with E-state index < -0.39 is 11.4 Å². The summed E-state index contributed by atoms with van der Waals surface area (Å²) in [5, 5.41) is 9.44. The van der Waals surface area contributed by atoms with Gasteiger partial charge in [-0.25, -0.2) is 4.98 Å². The topological polar surface area (TPSA) is 62.7 Å². The van der Waals surface area contributed by atoms with Crippen molar-refractivity contribution in [1.82, 2.24) is 4.98 Å². The molecule has 0 bridgehead atoms. The predicted molar refractivity (Wildman–Crippen MR) is 84.1 cm³/mol. The van der Waals surface area contributed by atoms with Gasteiger partial charge >= 0.3 is 5.97 Å². The Kier molecular flexibility index (Phi) is 3.71. The summed E-state index contributed by atoms with van der Waals surface area (Å²) in [5.41, 5.74) is 0.923. The van der Waals surface area contributed by atoms with E-state index in [1.165, 1.54) is 0 Å². The van der Waals surface area contributed by atoms with Crippen molar-refractivity contribution >= 4 is 11.7 Å². The zero-order chi connectivity index (χ0) is 15.6. The Bertz CT molecular complexity index is 678. The van der Waals surface area contributed by atoms with Crippen molar-refractivity contribution in [3.63, 3.8) is 0 Å². The second-order valence-electron chi connectivity index (χ2n) is 5.62. The van der Waals surface area contributed by atoms with Crippen molar-refractivity contribution in [1.29, 1.82) is 0 Å². The van der Waals surface area contributed by atoms with Gasteiger partial charge in [0.25, 0.3) is 0 Å². The normalized spacial score (nSPS) is 23.3. The highest BCUT2D eigenvalue weighted by Crippen LogP contribution is 2.31. The number of nitrogens with zero attached hydrogens (tertiary/aromatic N) is 2. The van der Waals surface area contributed by atoms with Crippen LogP contribution in [0.1, 0.15) is 6.92 Å². The number of carboxylic acids is 1. The third-order valence-electron chi connectivity index (χ3n) is 3.88. The fourth-order valence-electron chi connectivity index (χ4n) is 2.64. The van der Waals surface area contributed by atoms with Crippen LogP contribution in [0.5, 0.6) is 5.88 Å². The number of carboxylic acid groups (broad SMARTS) is 1. The number of allylic oxidation sites excluding steroid dienone is 2. The number of rotatable bonds is 3. The van der Waals surface area contributed by atoms with Gasteiger partial charge in [0, 0.05) is 12.7 Å². The molecule has 0 amide bonds. The van der Waals surface area contributed by atoms with Crippen molar-refractivity contribution in [2.24, 2.45) is 5.41 Å². The summed E-state index contributed by atoms with van der Waals surface area (Å²) >= 11 is 0. The molecule has 0 spiro atoms. The van der Waals surface area contributed by atoms with Gasteiger partial charge in [-0.2, -0.15) is 0 Å². The highest BCUT2D eigenvalue weighted by Gasteiger charge is 2.29. The fourth-order valence-corrected chi connectivity index (χ4v) is 2.64. The van der Waals surface area contributed by atoms with Crippen LogP contribution < -0.4 is 9.64 Å². The van der Waals surface area contributed by atoms with Crippen LogP contribution in [0.25, 0.3) is 0 Å². The Morgan fingerprint density at radius 2 is 2.36 bits per heavy atom. The van der Waals surface area contributed by atoms with Gasteiger partial charge in [0.1, 0.15) is 17.7 Å². The molecule has 1 aromatic heterocycles. The van der Waals surface area contributed by atoms with Gasteiger partial charge < -0.3 is 14.7 Å². The Hall–Kier alpha value is -2.56. The van der Waals surface area contributed by atoms with Gasteiger partial charge in [0.15, 0.2) is 0 Å². The highest BCUT2D eigenvalue weighted by molar-refractivity contribution is 5.80. The summed E-state index contributed by atoms with van der Waals surface area (Å²) in [5.74, 6) is -0.222. The van der Waals surface area contributed by atoms with Crippen LogP contribution in [0.2, 0.25) is 0 Å². The number of aliphatic carboxylic acids is 1. The number of carbonyl (C=O) groups is 1. The summed E-state index contributed by atoms with van der Waals surface area (Å²) in [6.07, 6.45) is 10.8. The molecule has 1 aromatic rings. The minimum Gasteiger partial charge on any atom is -0.480 e. The van der Waals surface area contributed by atoms with Crippen molar-refractivity contribution < 1.29 is 14.6 Å². The number of hydrogen-bond donors (Lipinski definition) is 1. The number of aromatic nitrogens is 1. The van der Waals surface area contributed by atoms with E-state index in [4.69, 9.17) is 4.74 Å². The average molecular weight is 298 g/mol. The van der Waals surface area contributed by atoms with Gasteiger partial charge in [-0.1, -0.05) is 30.4 Å². The van der Waals surface area contributed by atoms with Crippen molar-refractivity contribution in [2.45, 2.75) is 6.92 Å². The summed E-state index contributed by atoms with van der Waals surface area (Å²) < 4.78 is 5.55. The molecule has 1 aliphatic heterocycles. The molecular weight excluding hydrogens is 280 g/mol. The molecule has 3 rings (SSSR count). The van der Waals surface area contributed by atoms with Crippen LogP contribution >= 0.6 is 0 Å². The van der Waals surface area contributed by atoms with Gasteiger partial charge in [-0.05, 0) is 24.6 Å². The maximum atomic E-state index is 11.5. The molecule has 2 heterocycles. The van der Waals surface area contributed by atoms with E-state index in [0.29, 0.717) is 19.0 Å².